The van der Waals surface area contributed by atoms with E-state index in [1.807, 2.05) is 72.8 Å². The minimum Gasteiger partial charge on any atom is -0.456 e. The minimum atomic E-state index is 0.597. The highest BCUT2D eigenvalue weighted by Crippen LogP contribution is 2.50. The van der Waals surface area contributed by atoms with E-state index in [2.05, 4.69) is 114 Å². The summed E-state index contributed by atoms with van der Waals surface area (Å²) in [6.45, 7) is 0. The lowest BCUT2D eigenvalue weighted by Crippen LogP contribution is -2.09. The lowest BCUT2D eigenvalue weighted by Gasteiger charge is -2.26. The van der Waals surface area contributed by atoms with Crippen molar-refractivity contribution in [2.75, 3.05) is 4.90 Å². The Hall–Kier alpha value is -7.37. The van der Waals surface area contributed by atoms with Gasteiger partial charge in [0.15, 0.2) is 17.5 Å². The molecule has 0 radical (unpaired) electrons. The molecule has 5 heteroatoms. The quantitative estimate of drug-likeness (QED) is 0.174. The van der Waals surface area contributed by atoms with Gasteiger partial charge < -0.3 is 9.32 Å². The molecular formula is C49H30N4O. The lowest BCUT2D eigenvalue weighted by molar-refractivity contribution is 0.669. The Kier molecular flexibility index (Phi) is 6.79. The van der Waals surface area contributed by atoms with Gasteiger partial charge in [-0.3, -0.25) is 0 Å². The second-order valence-corrected chi connectivity index (χ2v) is 13.6. The fourth-order valence-electron chi connectivity index (χ4n) is 8.01. The Balaban J connectivity index is 1.07. The molecule has 0 saturated carbocycles. The molecule has 5 nitrogen and oxygen atoms in total. The van der Waals surface area contributed by atoms with E-state index in [0.29, 0.717) is 17.5 Å². The number of aromatic nitrogens is 3. The summed E-state index contributed by atoms with van der Waals surface area (Å²) >= 11 is 0. The van der Waals surface area contributed by atoms with E-state index in [0.717, 1.165) is 55.7 Å². The third-order valence-corrected chi connectivity index (χ3v) is 10.4. The lowest BCUT2D eigenvalue weighted by atomic mass is 10.0. The molecule has 11 rings (SSSR count). The summed E-state index contributed by atoms with van der Waals surface area (Å²) in [5, 5.41) is 4.55. The van der Waals surface area contributed by atoms with Crippen LogP contribution in [0.5, 0.6) is 0 Å². The summed E-state index contributed by atoms with van der Waals surface area (Å²) in [6, 6.07) is 63.3. The number of anilines is 3. The van der Waals surface area contributed by atoms with E-state index in [-0.39, 0.29) is 0 Å². The molecule has 0 unspecified atom stereocenters. The summed E-state index contributed by atoms with van der Waals surface area (Å²) in [5.41, 5.74) is 12.5. The normalized spacial score (nSPS) is 11.7. The molecule has 0 saturated heterocycles. The molecule has 0 amide bonds. The smallest absolute Gasteiger partial charge is 0.164 e. The van der Waals surface area contributed by atoms with Crippen molar-refractivity contribution in [3.05, 3.63) is 182 Å². The number of fused-ring (bicyclic) bond motifs is 6. The summed E-state index contributed by atoms with van der Waals surface area (Å²) < 4.78 is 6.66. The molecule has 10 aromatic rings. The van der Waals surface area contributed by atoms with E-state index < -0.39 is 0 Å². The van der Waals surface area contributed by atoms with Crippen LogP contribution in [0.2, 0.25) is 0 Å². The van der Waals surface area contributed by atoms with Crippen molar-refractivity contribution in [3.8, 4) is 56.4 Å². The fraction of sp³-hybridized carbons (Fsp3) is 0. The van der Waals surface area contributed by atoms with Gasteiger partial charge >= 0.3 is 0 Å². The largest absolute Gasteiger partial charge is 0.456 e. The van der Waals surface area contributed by atoms with Crippen LogP contribution in [0.3, 0.4) is 0 Å². The topological polar surface area (TPSA) is 55.1 Å². The van der Waals surface area contributed by atoms with E-state index >= 15 is 0 Å². The van der Waals surface area contributed by atoms with Crippen LogP contribution in [0.25, 0.3) is 89.1 Å². The summed E-state index contributed by atoms with van der Waals surface area (Å²) in [5.74, 6) is 1.85. The van der Waals surface area contributed by atoms with Crippen molar-refractivity contribution in [3.63, 3.8) is 0 Å². The predicted molar refractivity (Wildman–Crippen MR) is 220 cm³/mol. The molecule has 2 heterocycles. The maximum Gasteiger partial charge on any atom is 0.164 e. The first kappa shape index (κ1) is 30.3. The Morgan fingerprint density at radius 2 is 0.926 bits per heavy atom. The van der Waals surface area contributed by atoms with Crippen LogP contribution in [-0.2, 0) is 0 Å². The van der Waals surface area contributed by atoms with Crippen molar-refractivity contribution in [2.45, 2.75) is 0 Å². The van der Waals surface area contributed by atoms with E-state index in [9.17, 15) is 0 Å². The van der Waals surface area contributed by atoms with Crippen molar-refractivity contribution in [1.82, 2.24) is 15.0 Å². The van der Waals surface area contributed by atoms with Gasteiger partial charge in [-0.1, -0.05) is 133 Å². The molecule has 1 aliphatic rings. The van der Waals surface area contributed by atoms with Crippen LogP contribution in [0.4, 0.5) is 17.1 Å². The molecule has 252 valence electrons. The third kappa shape index (κ3) is 4.83. The van der Waals surface area contributed by atoms with Gasteiger partial charge in [0.25, 0.3) is 0 Å². The number of nitrogens with zero attached hydrogens (tertiary/aromatic N) is 4. The van der Waals surface area contributed by atoms with Gasteiger partial charge in [0, 0.05) is 50.6 Å². The van der Waals surface area contributed by atoms with Gasteiger partial charge in [-0.15, -0.1) is 0 Å². The zero-order valence-corrected chi connectivity index (χ0v) is 29.0. The second kappa shape index (κ2) is 12.1. The number of rotatable bonds is 6. The average molecular weight is 691 g/mol. The predicted octanol–water partition coefficient (Wildman–Crippen LogP) is 13.0. The standard InChI is InChI=1S/C49H30N4O/c1-4-13-32(14-5-1)47-50-48(33-15-6-2-7-16-33)52-49(51-47)41-23-12-24-43-46(41)40-28-26-36(30-44(40)54-43)53(34-19-8-3-9-20-34)35-25-27-37-38-21-10-17-31-18-11-22-39(45(31)38)42(37)29-35/h1-30H. The number of hydrogen-bond acceptors (Lipinski definition) is 5. The van der Waals surface area contributed by atoms with Crippen molar-refractivity contribution < 1.29 is 4.42 Å². The van der Waals surface area contributed by atoms with Gasteiger partial charge in [-0.2, -0.15) is 0 Å². The van der Waals surface area contributed by atoms with Gasteiger partial charge in [0.05, 0.1) is 0 Å². The Labute approximate surface area is 311 Å². The van der Waals surface area contributed by atoms with Crippen LogP contribution >= 0.6 is 0 Å². The number of furan rings is 1. The van der Waals surface area contributed by atoms with E-state index in [1.165, 1.54) is 33.0 Å². The molecule has 0 bridgehead atoms. The molecule has 0 aliphatic heterocycles. The highest BCUT2D eigenvalue weighted by molar-refractivity contribution is 6.16. The number of para-hydroxylation sites is 1. The van der Waals surface area contributed by atoms with E-state index in [1.54, 1.807) is 0 Å². The fourth-order valence-corrected chi connectivity index (χ4v) is 8.01. The van der Waals surface area contributed by atoms with Crippen molar-refractivity contribution >= 4 is 49.8 Å². The van der Waals surface area contributed by atoms with Crippen LogP contribution in [0, 0.1) is 0 Å². The van der Waals surface area contributed by atoms with Gasteiger partial charge in [-0.25, -0.2) is 15.0 Å². The van der Waals surface area contributed by atoms with Crippen molar-refractivity contribution in [1.29, 1.82) is 0 Å². The second-order valence-electron chi connectivity index (χ2n) is 13.6. The summed E-state index contributed by atoms with van der Waals surface area (Å²) in [6.07, 6.45) is 0. The van der Waals surface area contributed by atoms with Gasteiger partial charge in [-0.05, 0) is 75.5 Å². The third-order valence-electron chi connectivity index (χ3n) is 10.4. The molecule has 8 aromatic carbocycles. The van der Waals surface area contributed by atoms with Gasteiger partial charge in [0.1, 0.15) is 11.2 Å². The molecular weight excluding hydrogens is 661 g/mol. The Morgan fingerprint density at radius 1 is 0.352 bits per heavy atom. The molecule has 0 spiro atoms. The SMILES string of the molecule is c1ccc(-c2nc(-c3ccccc3)nc(-c3cccc4oc5cc(N(c6ccccc6)c6ccc7c(c6)-c6cccc8cccc-7c68)ccc5c34)n2)cc1. The number of hydrogen-bond donors (Lipinski definition) is 0. The van der Waals surface area contributed by atoms with Crippen LogP contribution in [0.1, 0.15) is 0 Å². The highest BCUT2D eigenvalue weighted by Gasteiger charge is 2.24. The van der Waals surface area contributed by atoms with Crippen LogP contribution in [0.15, 0.2) is 186 Å². The minimum absolute atomic E-state index is 0.597. The molecule has 0 fully saturated rings. The Morgan fingerprint density at radius 3 is 1.63 bits per heavy atom. The maximum atomic E-state index is 6.66. The first-order chi connectivity index (χ1) is 26.8. The zero-order valence-electron chi connectivity index (χ0n) is 29.0. The zero-order chi connectivity index (χ0) is 35.6. The van der Waals surface area contributed by atoms with Crippen molar-refractivity contribution in [2.24, 2.45) is 0 Å². The average Bonchev–Trinajstić information content (AvgIpc) is 3.78. The highest BCUT2D eigenvalue weighted by atomic mass is 16.3. The summed E-state index contributed by atoms with van der Waals surface area (Å²) in [4.78, 5) is 17.3. The molecule has 1 aliphatic carbocycles. The maximum absolute atomic E-state index is 6.66. The number of benzene rings is 8. The molecule has 0 atom stereocenters. The molecule has 54 heavy (non-hydrogen) atoms. The first-order valence-electron chi connectivity index (χ1n) is 18.1. The monoisotopic (exact) mass is 690 g/mol. The molecule has 2 aromatic heterocycles. The van der Waals surface area contributed by atoms with Gasteiger partial charge in [0.2, 0.25) is 0 Å². The summed E-state index contributed by atoms with van der Waals surface area (Å²) in [7, 11) is 0. The Bertz CT molecular complexity index is 2980. The van der Waals surface area contributed by atoms with Crippen LogP contribution < -0.4 is 4.90 Å². The van der Waals surface area contributed by atoms with E-state index in [4.69, 9.17) is 19.4 Å². The first-order valence-corrected chi connectivity index (χ1v) is 18.1. The molecule has 0 N–H and O–H groups in total. The van der Waals surface area contributed by atoms with Crippen LogP contribution in [-0.4, -0.2) is 15.0 Å².